The summed E-state index contributed by atoms with van der Waals surface area (Å²) in [6.07, 6.45) is 1.50. The van der Waals surface area contributed by atoms with Gasteiger partial charge < -0.3 is 18.9 Å². The number of methoxy groups -OCH3 is 2. The van der Waals surface area contributed by atoms with Crippen LogP contribution < -0.4 is 0 Å². The van der Waals surface area contributed by atoms with Gasteiger partial charge in [-0.1, -0.05) is 6.04 Å². The molecule has 0 bridgehead atoms. The van der Waals surface area contributed by atoms with Gasteiger partial charge in [0.05, 0.1) is 22.7 Å². The predicted octanol–water partition coefficient (Wildman–Crippen LogP) is -0.0446. The molecule has 0 unspecified atom stereocenters. The van der Waals surface area contributed by atoms with Crippen LogP contribution in [0.4, 0.5) is 0 Å². The number of hydrogen-bond donors (Lipinski definition) is 0. The van der Waals surface area contributed by atoms with Crippen molar-refractivity contribution in [1.29, 1.82) is 0 Å². The second-order valence-corrected chi connectivity index (χ2v) is 5.38. The molecule has 1 rings (SSSR count). The highest BCUT2D eigenvalue weighted by atomic mass is 28.2. The second-order valence-electron chi connectivity index (χ2n) is 3.43. The van der Waals surface area contributed by atoms with E-state index >= 15 is 0 Å². The summed E-state index contributed by atoms with van der Waals surface area (Å²) in [5, 5.41) is 0. The smallest absolute Gasteiger partial charge is 0.134 e. The van der Waals surface area contributed by atoms with Crippen molar-refractivity contribution in [2.24, 2.45) is 0 Å². The van der Waals surface area contributed by atoms with Crippen molar-refractivity contribution in [2.75, 3.05) is 34.0 Å². The molecule has 0 amide bonds. The van der Waals surface area contributed by atoms with Crippen LogP contribution in [-0.4, -0.2) is 55.6 Å². The molecule has 1 heterocycles. The maximum atomic E-state index is 5.42. The van der Waals surface area contributed by atoms with Crippen LogP contribution >= 0.6 is 0 Å². The van der Waals surface area contributed by atoms with Gasteiger partial charge in [0.1, 0.15) is 12.0 Å². The average Bonchev–Trinajstić information content (AvgIpc) is 3.01. The largest absolute Gasteiger partial charge is 0.379 e. The first-order valence-corrected chi connectivity index (χ1v) is 6.93. The van der Waals surface area contributed by atoms with Gasteiger partial charge in [0.15, 0.2) is 0 Å². The third-order valence-electron chi connectivity index (χ3n) is 2.21. The van der Waals surface area contributed by atoms with Gasteiger partial charge in [0.2, 0.25) is 0 Å². The summed E-state index contributed by atoms with van der Waals surface area (Å²) >= 11 is 0. The molecule has 1 aliphatic heterocycles. The van der Waals surface area contributed by atoms with Crippen molar-refractivity contribution in [2.45, 2.75) is 24.5 Å². The SMILES string of the molecule is COC(OC)[SiH2]CCCOC[C@H]1CO1. The molecule has 4 nitrogen and oxygen atoms in total. The molecular formula is C9H20O4Si. The highest BCUT2D eigenvalue weighted by molar-refractivity contribution is 6.36. The quantitative estimate of drug-likeness (QED) is 0.236. The molecule has 0 aromatic rings. The number of rotatable bonds is 9. The van der Waals surface area contributed by atoms with Gasteiger partial charge in [0, 0.05) is 20.8 Å². The fourth-order valence-corrected chi connectivity index (χ4v) is 2.52. The molecule has 0 aliphatic carbocycles. The van der Waals surface area contributed by atoms with Gasteiger partial charge in [-0.05, 0) is 6.42 Å². The Kier molecular flexibility index (Phi) is 6.38. The Bertz CT molecular complexity index is 137. The Balaban J connectivity index is 1.78. The normalized spacial score (nSPS) is 21.2. The van der Waals surface area contributed by atoms with E-state index in [1.807, 2.05) is 0 Å². The summed E-state index contributed by atoms with van der Waals surface area (Å²) in [7, 11) is 3.13. The zero-order chi connectivity index (χ0) is 10.2. The lowest BCUT2D eigenvalue weighted by Crippen LogP contribution is -2.21. The van der Waals surface area contributed by atoms with Crippen molar-refractivity contribution in [3.05, 3.63) is 0 Å². The van der Waals surface area contributed by atoms with E-state index in [0.717, 1.165) is 26.2 Å². The molecular weight excluding hydrogens is 200 g/mol. The zero-order valence-electron chi connectivity index (χ0n) is 9.03. The Morgan fingerprint density at radius 2 is 2.14 bits per heavy atom. The van der Waals surface area contributed by atoms with Gasteiger partial charge in [-0.15, -0.1) is 0 Å². The topological polar surface area (TPSA) is 40.2 Å². The third kappa shape index (κ3) is 5.72. The first-order valence-electron chi connectivity index (χ1n) is 5.11. The molecule has 1 fully saturated rings. The van der Waals surface area contributed by atoms with Gasteiger partial charge in [-0.25, -0.2) is 0 Å². The fraction of sp³-hybridized carbons (Fsp3) is 1.00. The molecule has 1 atom stereocenters. The van der Waals surface area contributed by atoms with Gasteiger partial charge in [-0.3, -0.25) is 0 Å². The van der Waals surface area contributed by atoms with Gasteiger partial charge in [-0.2, -0.15) is 0 Å². The van der Waals surface area contributed by atoms with E-state index in [1.165, 1.54) is 6.04 Å². The van der Waals surface area contributed by atoms with Crippen LogP contribution in [0.25, 0.3) is 0 Å². The van der Waals surface area contributed by atoms with Crippen molar-refractivity contribution in [3.8, 4) is 0 Å². The lowest BCUT2D eigenvalue weighted by atomic mass is 10.5. The molecule has 1 saturated heterocycles. The molecule has 0 aromatic carbocycles. The summed E-state index contributed by atoms with van der Waals surface area (Å²) in [4.78, 5) is 0. The van der Waals surface area contributed by atoms with Crippen LogP contribution in [0.2, 0.25) is 6.04 Å². The molecule has 14 heavy (non-hydrogen) atoms. The fourth-order valence-electron chi connectivity index (χ4n) is 1.23. The Morgan fingerprint density at radius 3 is 2.71 bits per heavy atom. The molecule has 0 spiro atoms. The minimum Gasteiger partial charge on any atom is -0.379 e. The monoisotopic (exact) mass is 220 g/mol. The standard InChI is InChI=1S/C9H20O4Si/c1-10-9(11-2)14-5-3-4-12-6-8-7-13-8/h8-9H,3-7,14H2,1-2H3/t8-/m0/s1. The van der Waals surface area contributed by atoms with Gasteiger partial charge >= 0.3 is 0 Å². The zero-order valence-corrected chi connectivity index (χ0v) is 10.4. The molecule has 0 N–H and O–H groups in total. The summed E-state index contributed by atoms with van der Waals surface area (Å²) in [5.41, 5.74) is 0. The Hall–Kier alpha value is 0.0569. The van der Waals surface area contributed by atoms with E-state index in [2.05, 4.69) is 0 Å². The van der Waals surface area contributed by atoms with Crippen molar-refractivity contribution >= 4 is 9.52 Å². The molecule has 84 valence electrons. The van der Waals surface area contributed by atoms with Crippen LogP contribution in [0.15, 0.2) is 0 Å². The predicted molar refractivity (Wildman–Crippen MR) is 56.3 cm³/mol. The molecule has 0 saturated carbocycles. The number of epoxide rings is 1. The summed E-state index contributed by atoms with van der Waals surface area (Å²) in [6, 6.07) is 1.21. The summed E-state index contributed by atoms with van der Waals surface area (Å²) < 4.78 is 20.7. The second kappa shape index (κ2) is 7.36. The van der Waals surface area contributed by atoms with Crippen LogP contribution in [0, 0.1) is 0 Å². The average molecular weight is 220 g/mol. The van der Waals surface area contributed by atoms with E-state index in [-0.39, 0.29) is 15.4 Å². The van der Waals surface area contributed by atoms with Crippen molar-refractivity contribution in [1.82, 2.24) is 0 Å². The Labute approximate surface area is 87.7 Å². The van der Waals surface area contributed by atoms with E-state index < -0.39 is 0 Å². The van der Waals surface area contributed by atoms with Crippen molar-refractivity contribution < 1.29 is 18.9 Å². The molecule has 1 aliphatic rings. The molecule has 0 radical (unpaired) electrons. The van der Waals surface area contributed by atoms with Crippen LogP contribution in [0.5, 0.6) is 0 Å². The van der Waals surface area contributed by atoms with E-state index in [4.69, 9.17) is 18.9 Å². The van der Waals surface area contributed by atoms with E-state index in [1.54, 1.807) is 14.2 Å². The van der Waals surface area contributed by atoms with E-state index in [0.29, 0.717) is 6.10 Å². The van der Waals surface area contributed by atoms with Crippen LogP contribution in [0.1, 0.15) is 6.42 Å². The van der Waals surface area contributed by atoms with Crippen molar-refractivity contribution in [3.63, 3.8) is 0 Å². The molecule has 0 aromatic heterocycles. The minimum absolute atomic E-state index is 0.0711. The minimum atomic E-state index is -0.262. The van der Waals surface area contributed by atoms with Crippen LogP contribution in [0.3, 0.4) is 0 Å². The highest BCUT2D eigenvalue weighted by Gasteiger charge is 2.21. The third-order valence-corrected chi connectivity index (χ3v) is 4.26. The lowest BCUT2D eigenvalue weighted by Gasteiger charge is -2.12. The van der Waals surface area contributed by atoms with Crippen LogP contribution in [-0.2, 0) is 18.9 Å². The van der Waals surface area contributed by atoms with Gasteiger partial charge in [0.25, 0.3) is 0 Å². The lowest BCUT2D eigenvalue weighted by molar-refractivity contribution is -0.0442. The number of hydrogen-bond acceptors (Lipinski definition) is 4. The summed E-state index contributed by atoms with van der Waals surface area (Å²) in [6.45, 7) is 2.48. The molecule has 5 heteroatoms. The highest BCUT2D eigenvalue weighted by Crippen LogP contribution is 2.08. The Morgan fingerprint density at radius 1 is 1.43 bits per heavy atom. The number of ether oxygens (including phenoxy) is 4. The summed E-state index contributed by atoms with van der Waals surface area (Å²) in [5.74, 6) is 0.0711. The first-order chi connectivity index (χ1) is 6.86. The maximum Gasteiger partial charge on any atom is 0.134 e. The van der Waals surface area contributed by atoms with E-state index in [9.17, 15) is 0 Å². The maximum absolute atomic E-state index is 5.42. The first kappa shape index (κ1) is 12.1.